The fraction of sp³-hybridized carbons (Fsp3) is 0.474. The van der Waals surface area contributed by atoms with Crippen molar-refractivity contribution in [3.05, 3.63) is 34.7 Å². The number of para-hydroxylation sites is 2. The van der Waals surface area contributed by atoms with Crippen molar-refractivity contribution in [2.45, 2.75) is 49.7 Å². The highest BCUT2D eigenvalue weighted by Gasteiger charge is 2.44. The van der Waals surface area contributed by atoms with Crippen molar-refractivity contribution in [1.29, 1.82) is 0 Å². The minimum absolute atomic E-state index is 0.235. The number of fused-ring (bicyclic) bond motifs is 1. The van der Waals surface area contributed by atoms with Gasteiger partial charge in [-0.3, -0.25) is 19.1 Å². The number of H-pyrrole nitrogens is 1. The summed E-state index contributed by atoms with van der Waals surface area (Å²) in [7, 11) is 1.60. The molecule has 0 aliphatic carbocycles. The molecule has 9 nitrogen and oxygen atoms in total. The molecule has 2 aromatic rings. The molecule has 2 heterocycles. The Labute approximate surface area is 172 Å². The molecule has 1 atom stereocenters. The molecule has 0 bridgehead atoms. The van der Waals surface area contributed by atoms with Gasteiger partial charge in [-0.15, -0.1) is 5.10 Å². The molecule has 0 unspecified atom stereocenters. The van der Waals surface area contributed by atoms with Gasteiger partial charge < -0.3 is 10.1 Å². The summed E-state index contributed by atoms with van der Waals surface area (Å²) in [4.78, 5) is 39.5. The lowest BCUT2D eigenvalue weighted by Gasteiger charge is -2.43. The van der Waals surface area contributed by atoms with E-state index in [0.717, 1.165) is 0 Å². The van der Waals surface area contributed by atoms with E-state index in [4.69, 9.17) is 4.74 Å². The Morgan fingerprint density at radius 1 is 1.31 bits per heavy atom. The molecule has 10 heteroatoms. The molecule has 1 aromatic heterocycles. The Bertz CT molecular complexity index is 968. The van der Waals surface area contributed by atoms with E-state index in [1.807, 2.05) is 6.07 Å². The van der Waals surface area contributed by atoms with Crippen molar-refractivity contribution in [2.75, 3.05) is 23.9 Å². The van der Waals surface area contributed by atoms with Crippen LogP contribution in [0.4, 0.5) is 11.4 Å². The molecule has 156 valence electrons. The van der Waals surface area contributed by atoms with Crippen LogP contribution < -0.4 is 15.9 Å². The van der Waals surface area contributed by atoms with Gasteiger partial charge in [-0.05, 0) is 39.3 Å². The standard InChI is InChI=1S/C19H25N5O4S/c1-12(29-18-22-21-17(27)23(18)10-7-11-28-4)15(25)24-14-9-6-5-8-13(14)20-16(26)19(24,2)3/h5-6,8-9,12H,7,10-11H2,1-4H3,(H,20,26)(H,21,27)/t12-/m0/s1. The van der Waals surface area contributed by atoms with Crippen LogP contribution in [0.15, 0.2) is 34.2 Å². The quantitative estimate of drug-likeness (QED) is 0.524. The smallest absolute Gasteiger partial charge is 0.343 e. The largest absolute Gasteiger partial charge is 0.385 e. The van der Waals surface area contributed by atoms with E-state index in [1.165, 1.54) is 21.2 Å². The van der Waals surface area contributed by atoms with Crippen molar-refractivity contribution < 1.29 is 14.3 Å². The Kier molecular flexibility index (Phi) is 6.13. The number of hydrogen-bond acceptors (Lipinski definition) is 6. The summed E-state index contributed by atoms with van der Waals surface area (Å²) >= 11 is 1.18. The molecule has 1 aromatic carbocycles. The lowest BCUT2D eigenvalue weighted by Crippen LogP contribution is -2.60. The van der Waals surface area contributed by atoms with Crippen molar-refractivity contribution in [2.24, 2.45) is 0 Å². The number of aromatic nitrogens is 3. The first-order valence-electron chi connectivity index (χ1n) is 9.32. The number of carbonyl (C=O) groups excluding carboxylic acids is 2. The topological polar surface area (TPSA) is 109 Å². The van der Waals surface area contributed by atoms with E-state index in [2.05, 4.69) is 15.5 Å². The SMILES string of the molecule is COCCCn1c(S[C@@H](C)C(=O)N2c3ccccc3NC(=O)C2(C)C)n[nH]c1=O. The number of amides is 2. The minimum atomic E-state index is -1.05. The van der Waals surface area contributed by atoms with Crippen molar-refractivity contribution in [3.63, 3.8) is 0 Å². The van der Waals surface area contributed by atoms with Gasteiger partial charge in [-0.25, -0.2) is 9.89 Å². The molecule has 1 aliphatic heterocycles. The molecule has 2 amide bonds. The Morgan fingerprint density at radius 3 is 2.76 bits per heavy atom. The third kappa shape index (κ3) is 4.08. The summed E-state index contributed by atoms with van der Waals surface area (Å²) in [6.45, 7) is 6.12. The molecular formula is C19H25N5O4S. The molecule has 0 spiro atoms. The number of aromatic amines is 1. The van der Waals surface area contributed by atoms with Crippen LogP contribution in [0.5, 0.6) is 0 Å². The number of ether oxygens (including phenoxy) is 1. The molecule has 1 aliphatic rings. The van der Waals surface area contributed by atoms with E-state index in [9.17, 15) is 14.4 Å². The van der Waals surface area contributed by atoms with Gasteiger partial charge in [0.05, 0.1) is 16.6 Å². The van der Waals surface area contributed by atoms with Crippen molar-refractivity contribution in [1.82, 2.24) is 14.8 Å². The van der Waals surface area contributed by atoms with E-state index >= 15 is 0 Å². The van der Waals surface area contributed by atoms with E-state index < -0.39 is 10.8 Å². The fourth-order valence-electron chi connectivity index (χ4n) is 3.19. The first kappa shape index (κ1) is 21.1. The van der Waals surface area contributed by atoms with Gasteiger partial charge in [-0.1, -0.05) is 23.9 Å². The zero-order chi connectivity index (χ0) is 21.2. The van der Waals surface area contributed by atoms with E-state index in [1.54, 1.807) is 46.1 Å². The maximum absolute atomic E-state index is 13.4. The van der Waals surface area contributed by atoms with Crippen LogP contribution >= 0.6 is 11.8 Å². The predicted octanol–water partition coefficient (Wildman–Crippen LogP) is 1.85. The van der Waals surface area contributed by atoms with Gasteiger partial charge >= 0.3 is 5.69 Å². The molecule has 0 fully saturated rings. The van der Waals surface area contributed by atoms with Crippen LogP contribution in [0, 0.1) is 0 Å². The highest BCUT2D eigenvalue weighted by Crippen LogP contribution is 2.38. The molecule has 0 saturated heterocycles. The second kappa shape index (κ2) is 8.42. The second-order valence-electron chi connectivity index (χ2n) is 7.27. The number of hydrogen-bond donors (Lipinski definition) is 2. The molecule has 2 N–H and O–H groups in total. The molecule has 0 saturated carbocycles. The number of rotatable bonds is 7. The summed E-state index contributed by atoms with van der Waals surface area (Å²) in [5.74, 6) is -0.487. The number of anilines is 2. The minimum Gasteiger partial charge on any atom is -0.385 e. The molecule has 29 heavy (non-hydrogen) atoms. The average molecular weight is 420 g/mol. The summed E-state index contributed by atoms with van der Waals surface area (Å²) in [6, 6.07) is 7.20. The van der Waals surface area contributed by atoms with E-state index in [-0.39, 0.29) is 17.5 Å². The zero-order valence-electron chi connectivity index (χ0n) is 16.9. The zero-order valence-corrected chi connectivity index (χ0v) is 17.7. The van der Waals surface area contributed by atoms with E-state index in [0.29, 0.717) is 36.1 Å². The number of nitrogens with zero attached hydrogens (tertiary/aromatic N) is 3. The Morgan fingerprint density at radius 2 is 2.03 bits per heavy atom. The summed E-state index contributed by atoms with van der Waals surface area (Å²) in [6.07, 6.45) is 0.651. The highest BCUT2D eigenvalue weighted by atomic mass is 32.2. The van der Waals surface area contributed by atoms with Crippen LogP contribution in [0.25, 0.3) is 0 Å². The van der Waals surface area contributed by atoms with Gasteiger partial charge in [0.1, 0.15) is 5.54 Å². The number of benzene rings is 1. The summed E-state index contributed by atoms with van der Waals surface area (Å²) in [5, 5.41) is 9.20. The van der Waals surface area contributed by atoms with Crippen LogP contribution in [0.1, 0.15) is 27.2 Å². The number of methoxy groups -OCH3 is 1. The lowest BCUT2D eigenvalue weighted by atomic mass is 9.96. The fourth-order valence-corrected chi connectivity index (χ4v) is 4.12. The van der Waals surface area contributed by atoms with Gasteiger partial charge in [0.2, 0.25) is 11.8 Å². The first-order valence-corrected chi connectivity index (χ1v) is 10.2. The van der Waals surface area contributed by atoms with Gasteiger partial charge in [0.25, 0.3) is 0 Å². The molecular weight excluding hydrogens is 394 g/mol. The Hall–Kier alpha value is -2.59. The van der Waals surface area contributed by atoms with Gasteiger partial charge in [0, 0.05) is 20.3 Å². The lowest BCUT2D eigenvalue weighted by molar-refractivity contribution is -0.126. The number of carbonyl (C=O) groups is 2. The highest BCUT2D eigenvalue weighted by molar-refractivity contribution is 8.00. The van der Waals surface area contributed by atoms with Crippen LogP contribution in [0.2, 0.25) is 0 Å². The normalized spacial score (nSPS) is 16.3. The third-order valence-electron chi connectivity index (χ3n) is 4.81. The third-order valence-corrected chi connectivity index (χ3v) is 5.89. The van der Waals surface area contributed by atoms with Crippen LogP contribution in [-0.2, 0) is 20.9 Å². The maximum atomic E-state index is 13.4. The Balaban J connectivity index is 1.85. The number of nitrogens with one attached hydrogen (secondary N) is 2. The van der Waals surface area contributed by atoms with Crippen LogP contribution in [-0.4, -0.2) is 51.1 Å². The summed E-state index contributed by atoms with van der Waals surface area (Å²) < 4.78 is 6.53. The van der Waals surface area contributed by atoms with Crippen molar-refractivity contribution >= 4 is 35.0 Å². The maximum Gasteiger partial charge on any atom is 0.343 e. The van der Waals surface area contributed by atoms with Gasteiger partial charge in [0.15, 0.2) is 5.16 Å². The summed E-state index contributed by atoms with van der Waals surface area (Å²) in [5.41, 5.74) is -0.136. The molecule has 3 rings (SSSR count). The monoisotopic (exact) mass is 419 g/mol. The second-order valence-corrected chi connectivity index (χ2v) is 8.58. The first-order chi connectivity index (χ1) is 13.8. The average Bonchev–Trinajstić information content (AvgIpc) is 3.02. The van der Waals surface area contributed by atoms with Gasteiger partial charge in [-0.2, -0.15) is 0 Å². The number of thioether (sulfide) groups is 1. The van der Waals surface area contributed by atoms with Crippen molar-refractivity contribution in [3.8, 4) is 0 Å². The predicted molar refractivity (Wildman–Crippen MR) is 111 cm³/mol. The molecule has 0 radical (unpaired) electrons. The van der Waals surface area contributed by atoms with Crippen LogP contribution in [0.3, 0.4) is 0 Å².